The fourth-order valence-electron chi connectivity index (χ4n) is 1.36. The molecule has 3 N–H and O–H groups in total. The molecule has 1 aromatic carbocycles. The summed E-state index contributed by atoms with van der Waals surface area (Å²) in [7, 11) is -3.22. The predicted octanol–water partition coefficient (Wildman–Crippen LogP) is 0.642. The first kappa shape index (κ1) is 16.8. The van der Waals surface area contributed by atoms with Gasteiger partial charge in [-0.15, -0.1) is 0 Å². The molecule has 0 radical (unpaired) electrons. The smallest absolute Gasteiger partial charge is 0.253 e. The standard InChI is InChI=1S/C10H11ClF2N2O4S/c1-19-3-2-15-10(16)5-4-6(12)8(13)9(7(5)11)20(14,17)18/h4H,2-3H2,1H3,(H,15,16)(H2,14,17,18). The number of methoxy groups -OCH3 is 1. The van der Waals surface area contributed by atoms with Crippen LogP contribution >= 0.6 is 11.6 Å². The van der Waals surface area contributed by atoms with E-state index in [2.05, 4.69) is 10.1 Å². The van der Waals surface area contributed by atoms with Crippen LogP contribution in [-0.2, 0) is 14.8 Å². The topological polar surface area (TPSA) is 98.5 Å². The molecule has 0 spiro atoms. The van der Waals surface area contributed by atoms with Gasteiger partial charge in [0.05, 0.1) is 17.2 Å². The van der Waals surface area contributed by atoms with E-state index in [1.807, 2.05) is 0 Å². The molecule has 0 bridgehead atoms. The fraction of sp³-hybridized carbons (Fsp3) is 0.300. The quantitative estimate of drug-likeness (QED) is 0.612. The summed E-state index contributed by atoms with van der Waals surface area (Å²) in [6.45, 7) is 0.254. The maximum absolute atomic E-state index is 13.4. The summed E-state index contributed by atoms with van der Waals surface area (Å²) in [5.41, 5.74) is -0.536. The Morgan fingerprint density at radius 2 is 2.10 bits per heavy atom. The number of halogens is 3. The number of hydrogen-bond donors (Lipinski definition) is 2. The molecule has 0 fully saturated rings. The van der Waals surface area contributed by atoms with Gasteiger partial charge in [0.2, 0.25) is 10.0 Å². The number of rotatable bonds is 5. The number of nitrogens with one attached hydrogen (secondary N) is 1. The molecule has 6 nitrogen and oxygen atoms in total. The van der Waals surface area contributed by atoms with Crippen molar-refractivity contribution in [3.63, 3.8) is 0 Å². The SMILES string of the molecule is COCCNC(=O)c1cc(F)c(F)c(S(N)(=O)=O)c1Cl. The van der Waals surface area contributed by atoms with Crippen LogP contribution in [0.3, 0.4) is 0 Å². The third kappa shape index (κ3) is 3.63. The Morgan fingerprint density at radius 1 is 1.50 bits per heavy atom. The minimum Gasteiger partial charge on any atom is -0.383 e. The lowest BCUT2D eigenvalue weighted by molar-refractivity contribution is 0.0936. The number of nitrogens with two attached hydrogens (primary N) is 1. The fourth-order valence-corrected chi connectivity index (χ4v) is 2.61. The Labute approximate surface area is 118 Å². The molecule has 0 unspecified atom stereocenters. The van der Waals surface area contributed by atoms with E-state index in [9.17, 15) is 22.0 Å². The largest absolute Gasteiger partial charge is 0.383 e. The summed E-state index contributed by atoms with van der Waals surface area (Å²) < 4.78 is 53.9. The van der Waals surface area contributed by atoms with Crippen LogP contribution in [0.1, 0.15) is 10.4 Å². The van der Waals surface area contributed by atoms with E-state index in [-0.39, 0.29) is 13.2 Å². The number of primary sulfonamides is 1. The molecule has 0 aliphatic heterocycles. The van der Waals surface area contributed by atoms with Crippen molar-refractivity contribution in [3.8, 4) is 0 Å². The zero-order valence-corrected chi connectivity index (χ0v) is 11.8. The van der Waals surface area contributed by atoms with Gasteiger partial charge in [-0.25, -0.2) is 22.3 Å². The summed E-state index contributed by atoms with van der Waals surface area (Å²) in [5, 5.41) is 6.26. The zero-order chi connectivity index (χ0) is 15.5. The van der Waals surface area contributed by atoms with Gasteiger partial charge in [0.1, 0.15) is 4.90 Å². The lowest BCUT2D eigenvalue weighted by Gasteiger charge is -2.10. The van der Waals surface area contributed by atoms with E-state index in [4.69, 9.17) is 16.7 Å². The van der Waals surface area contributed by atoms with Gasteiger partial charge in [0.25, 0.3) is 5.91 Å². The molecule has 0 aliphatic rings. The minimum atomic E-state index is -4.62. The molecule has 1 rings (SSSR count). The molecule has 0 heterocycles. The predicted molar refractivity (Wildman–Crippen MR) is 67.0 cm³/mol. The Kier molecular flexibility index (Phi) is 5.40. The average molecular weight is 329 g/mol. The van der Waals surface area contributed by atoms with Gasteiger partial charge in [0, 0.05) is 13.7 Å². The van der Waals surface area contributed by atoms with Gasteiger partial charge in [-0.1, -0.05) is 11.6 Å². The van der Waals surface area contributed by atoms with Crippen molar-refractivity contribution in [2.75, 3.05) is 20.3 Å². The third-order valence-electron chi connectivity index (χ3n) is 2.24. The number of benzene rings is 1. The maximum atomic E-state index is 13.4. The Balaban J connectivity index is 3.30. The maximum Gasteiger partial charge on any atom is 0.253 e. The number of hydrogen-bond acceptors (Lipinski definition) is 4. The average Bonchev–Trinajstić information content (AvgIpc) is 2.32. The van der Waals surface area contributed by atoms with E-state index in [0.717, 1.165) is 0 Å². The molecule has 0 atom stereocenters. The first-order valence-electron chi connectivity index (χ1n) is 5.17. The molecular formula is C10H11ClF2N2O4S. The summed E-state index contributed by atoms with van der Waals surface area (Å²) in [4.78, 5) is 10.5. The van der Waals surface area contributed by atoms with E-state index < -0.39 is 43.0 Å². The van der Waals surface area contributed by atoms with Crippen molar-refractivity contribution in [2.45, 2.75) is 4.90 Å². The van der Waals surface area contributed by atoms with Gasteiger partial charge in [-0.05, 0) is 6.07 Å². The highest BCUT2D eigenvalue weighted by molar-refractivity contribution is 7.89. The van der Waals surface area contributed by atoms with Crippen LogP contribution in [-0.4, -0.2) is 34.6 Å². The second kappa shape index (κ2) is 6.44. The van der Waals surface area contributed by atoms with Gasteiger partial charge in [0.15, 0.2) is 11.6 Å². The number of carbonyl (C=O) groups excluding carboxylic acids is 1. The van der Waals surface area contributed by atoms with E-state index >= 15 is 0 Å². The van der Waals surface area contributed by atoms with Crippen molar-refractivity contribution in [1.29, 1.82) is 0 Å². The van der Waals surface area contributed by atoms with Crippen molar-refractivity contribution in [3.05, 3.63) is 28.3 Å². The molecule has 1 amide bonds. The summed E-state index contributed by atoms with van der Waals surface area (Å²) >= 11 is 5.62. The first-order chi connectivity index (χ1) is 9.20. The molecule has 0 aliphatic carbocycles. The Morgan fingerprint density at radius 3 is 2.60 bits per heavy atom. The lowest BCUT2D eigenvalue weighted by Crippen LogP contribution is -2.28. The molecule has 1 aromatic rings. The highest BCUT2D eigenvalue weighted by Gasteiger charge is 2.27. The van der Waals surface area contributed by atoms with Crippen molar-refractivity contribution in [1.82, 2.24) is 5.32 Å². The first-order valence-corrected chi connectivity index (χ1v) is 7.10. The Bertz CT molecular complexity index is 637. The van der Waals surface area contributed by atoms with E-state index in [0.29, 0.717) is 6.07 Å². The lowest BCUT2D eigenvalue weighted by atomic mass is 10.2. The number of amides is 1. The van der Waals surface area contributed by atoms with Crippen LogP contribution in [0, 0.1) is 11.6 Å². The highest BCUT2D eigenvalue weighted by Crippen LogP contribution is 2.29. The number of ether oxygens (including phenoxy) is 1. The van der Waals surface area contributed by atoms with Crippen LogP contribution in [0.25, 0.3) is 0 Å². The van der Waals surface area contributed by atoms with Crippen molar-refractivity contribution >= 4 is 27.5 Å². The van der Waals surface area contributed by atoms with E-state index in [1.54, 1.807) is 0 Å². The number of carbonyl (C=O) groups is 1. The van der Waals surface area contributed by atoms with Gasteiger partial charge >= 0.3 is 0 Å². The van der Waals surface area contributed by atoms with Crippen LogP contribution in [0.4, 0.5) is 8.78 Å². The van der Waals surface area contributed by atoms with Crippen molar-refractivity contribution in [2.24, 2.45) is 5.14 Å². The Hall–Kier alpha value is -1.29. The third-order valence-corrected chi connectivity index (χ3v) is 3.69. The second-order valence-electron chi connectivity index (χ2n) is 3.66. The van der Waals surface area contributed by atoms with Crippen LogP contribution < -0.4 is 10.5 Å². The van der Waals surface area contributed by atoms with Gasteiger partial charge in [-0.2, -0.15) is 0 Å². The molecule has 20 heavy (non-hydrogen) atoms. The summed E-state index contributed by atoms with van der Waals surface area (Å²) in [6, 6.07) is 0.495. The minimum absolute atomic E-state index is 0.0787. The monoisotopic (exact) mass is 328 g/mol. The van der Waals surface area contributed by atoms with Crippen LogP contribution in [0.2, 0.25) is 5.02 Å². The normalized spacial score (nSPS) is 11.4. The summed E-state index contributed by atoms with van der Waals surface area (Å²) in [6.07, 6.45) is 0. The van der Waals surface area contributed by atoms with Crippen LogP contribution in [0.15, 0.2) is 11.0 Å². The molecule has 10 heteroatoms. The second-order valence-corrected chi connectivity index (χ2v) is 5.53. The van der Waals surface area contributed by atoms with Gasteiger partial charge < -0.3 is 10.1 Å². The number of sulfonamides is 1. The molecule has 0 saturated heterocycles. The van der Waals surface area contributed by atoms with Crippen LogP contribution in [0.5, 0.6) is 0 Å². The zero-order valence-electron chi connectivity index (χ0n) is 10.2. The molecule has 0 aromatic heterocycles. The highest BCUT2D eigenvalue weighted by atomic mass is 35.5. The van der Waals surface area contributed by atoms with Gasteiger partial charge in [-0.3, -0.25) is 4.79 Å². The molecule has 0 saturated carbocycles. The molecular weight excluding hydrogens is 318 g/mol. The van der Waals surface area contributed by atoms with E-state index in [1.165, 1.54) is 7.11 Å². The summed E-state index contributed by atoms with van der Waals surface area (Å²) in [5.74, 6) is -4.16. The molecule has 112 valence electrons. The van der Waals surface area contributed by atoms with Crippen molar-refractivity contribution < 1.29 is 26.7 Å².